The van der Waals surface area contributed by atoms with E-state index in [2.05, 4.69) is 0 Å². The summed E-state index contributed by atoms with van der Waals surface area (Å²) < 4.78 is 0. The summed E-state index contributed by atoms with van der Waals surface area (Å²) in [6.07, 6.45) is 1.46. The molecule has 4 nitrogen and oxygen atoms in total. The molecule has 0 saturated carbocycles. The zero-order valence-electron chi connectivity index (χ0n) is 15.5. The molecule has 26 heavy (non-hydrogen) atoms. The largest absolute Gasteiger partial charge is 0.341 e. The number of carbonyl (C=O) groups excluding carboxylic acids is 2. The second-order valence-corrected chi connectivity index (χ2v) is 7.12. The third kappa shape index (κ3) is 4.31. The number of aryl methyl sites for hydroxylation is 1. The highest BCUT2D eigenvalue weighted by Crippen LogP contribution is 2.22. The summed E-state index contributed by atoms with van der Waals surface area (Å²) in [6.45, 7) is 3.90. The van der Waals surface area contributed by atoms with E-state index in [4.69, 9.17) is 0 Å². The van der Waals surface area contributed by atoms with Crippen LogP contribution in [0.1, 0.15) is 34.3 Å². The molecule has 0 radical (unpaired) electrons. The van der Waals surface area contributed by atoms with E-state index in [-0.39, 0.29) is 17.7 Å². The molecule has 136 valence electrons. The number of likely N-dealkylation sites (tertiary alicyclic amines) is 1. The van der Waals surface area contributed by atoms with E-state index in [0.717, 1.165) is 29.5 Å². The van der Waals surface area contributed by atoms with Crippen LogP contribution in [-0.2, 0) is 11.3 Å². The summed E-state index contributed by atoms with van der Waals surface area (Å²) >= 11 is 0. The van der Waals surface area contributed by atoms with Crippen molar-refractivity contribution in [3.05, 3.63) is 71.3 Å². The summed E-state index contributed by atoms with van der Waals surface area (Å²) in [7, 11) is 1.86. The minimum atomic E-state index is 0.00488. The molecular formula is C22H26N2O2. The highest BCUT2D eigenvalue weighted by Gasteiger charge is 2.29. The summed E-state index contributed by atoms with van der Waals surface area (Å²) in [6, 6.07) is 17.7. The van der Waals surface area contributed by atoms with Crippen LogP contribution in [0.2, 0.25) is 0 Å². The minimum Gasteiger partial charge on any atom is -0.341 e. The average Bonchev–Trinajstić information content (AvgIpc) is 2.67. The lowest BCUT2D eigenvalue weighted by Gasteiger charge is -2.33. The fourth-order valence-corrected chi connectivity index (χ4v) is 3.54. The van der Waals surface area contributed by atoms with Crippen molar-refractivity contribution in [2.24, 2.45) is 5.92 Å². The van der Waals surface area contributed by atoms with Crippen molar-refractivity contribution in [3.8, 4) is 0 Å². The van der Waals surface area contributed by atoms with Crippen LogP contribution in [0.15, 0.2) is 54.6 Å². The number of amides is 2. The lowest BCUT2D eigenvalue weighted by Crippen LogP contribution is -2.43. The monoisotopic (exact) mass is 350 g/mol. The Kier molecular flexibility index (Phi) is 5.71. The SMILES string of the molecule is Cc1cccc(C(=O)N2CCC(C(=O)N(C)Cc3ccccc3)CC2)c1. The van der Waals surface area contributed by atoms with E-state index in [0.29, 0.717) is 19.6 Å². The first-order chi connectivity index (χ1) is 12.5. The van der Waals surface area contributed by atoms with Gasteiger partial charge in [-0.1, -0.05) is 48.0 Å². The number of hydrogen-bond acceptors (Lipinski definition) is 2. The number of benzene rings is 2. The maximum atomic E-state index is 12.7. The van der Waals surface area contributed by atoms with Gasteiger partial charge in [0.05, 0.1) is 0 Å². The van der Waals surface area contributed by atoms with Gasteiger partial charge in [-0.05, 0) is 37.5 Å². The van der Waals surface area contributed by atoms with Crippen LogP contribution >= 0.6 is 0 Å². The molecule has 0 atom stereocenters. The lowest BCUT2D eigenvalue weighted by atomic mass is 9.94. The lowest BCUT2D eigenvalue weighted by molar-refractivity contribution is -0.136. The smallest absolute Gasteiger partial charge is 0.253 e. The minimum absolute atomic E-state index is 0.00488. The standard InChI is InChI=1S/C22H26N2O2/c1-17-7-6-10-20(15-17)22(26)24-13-11-19(12-14-24)21(25)23(2)16-18-8-4-3-5-9-18/h3-10,15,19H,11-14,16H2,1-2H3. The molecule has 1 saturated heterocycles. The molecular weight excluding hydrogens is 324 g/mol. The average molecular weight is 350 g/mol. The van der Waals surface area contributed by atoms with Gasteiger partial charge in [-0.3, -0.25) is 9.59 Å². The molecule has 1 heterocycles. The number of rotatable bonds is 4. The van der Waals surface area contributed by atoms with Gasteiger partial charge in [0.1, 0.15) is 0 Å². The van der Waals surface area contributed by atoms with Gasteiger partial charge in [-0.15, -0.1) is 0 Å². The zero-order valence-corrected chi connectivity index (χ0v) is 15.5. The Balaban J connectivity index is 1.54. The molecule has 2 aromatic carbocycles. The molecule has 0 aromatic heterocycles. The topological polar surface area (TPSA) is 40.6 Å². The molecule has 0 N–H and O–H groups in total. The summed E-state index contributed by atoms with van der Waals surface area (Å²) in [5.41, 5.74) is 2.95. The van der Waals surface area contributed by atoms with Gasteiger partial charge in [0.15, 0.2) is 0 Å². The van der Waals surface area contributed by atoms with Gasteiger partial charge in [-0.2, -0.15) is 0 Å². The van der Waals surface area contributed by atoms with Crippen molar-refractivity contribution in [1.82, 2.24) is 9.80 Å². The van der Waals surface area contributed by atoms with E-state index < -0.39 is 0 Å². The van der Waals surface area contributed by atoms with Gasteiger partial charge < -0.3 is 9.80 Å². The molecule has 1 aliphatic rings. The molecule has 3 rings (SSSR count). The predicted molar refractivity (Wildman–Crippen MR) is 103 cm³/mol. The Morgan fingerprint density at radius 1 is 1.04 bits per heavy atom. The maximum Gasteiger partial charge on any atom is 0.253 e. The second kappa shape index (κ2) is 8.17. The van der Waals surface area contributed by atoms with Crippen molar-refractivity contribution >= 4 is 11.8 Å². The zero-order chi connectivity index (χ0) is 18.5. The van der Waals surface area contributed by atoms with Crippen LogP contribution in [0, 0.1) is 12.8 Å². The fraction of sp³-hybridized carbons (Fsp3) is 0.364. The van der Waals surface area contributed by atoms with Gasteiger partial charge in [0, 0.05) is 38.2 Å². The first-order valence-corrected chi connectivity index (χ1v) is 9.19. The van der Waals surface area contributed by atoms with E-state index >= 15 is 0 Å². The highest BCUT2D eigenvalue weighted by atomic mass is 16.2. The molecule has 0 spiro atoms. The van der Waals surface area contributed by atoms with Crippen LogP contribution in [0.3, 0.4) is 0 Å². The number of piperidine rings is 1. The molecule has 0 unspecified atom stereocenters. The van der Waals surface area contributed by atoms with Gasteiger partial charge in [-0.25, -0.2) is 0 Å². The van der Waals surface area contributed by atoms with Gasteiger partial charge in [0.2, 0.25) is 5.91 Å². The Hall–Kier alpha value is -2.62. The predicted octanol–water partition coefficient (Wildman–Crippen LogP) is 3.51. The molecule has 1 aliphatic heterocycles. The van der Waals surface area contributed by atoms with Crippen LogP contribution in [0.25, 0.3) is 0 Å². The van der Waals surface area contributed by atoms with E-state index in [1.807, 2.05) is 73.5 Å². The van der Waals surface area contributed by atoms with Gasteiger partial charge in [0.25, 0.3) is 5.91 Å². The Morgan fingerprint density at radius 2 is 1.73 bits per heavy atom. The summed E-state index contributed by atoms with van der Waals surface area (Å²) in [4.78, 5) is 29.0. The summed E-state index contributed by atoms with van der Waals surface area (Å²) in [5.74, 6) is 0.249. The van der Waals surface area contributed by atoms with Gasteiger partial charge >= 0.3 is 0 Å². The Labute approximate surface area is 155 Å². The fourth-order valence-electron chi connectivity index (χ4n) is 3.54. The summed E-state index contributed by atoms with van der Waals surface area (Å²) in [5, 5.41) is 0. The first kappa shape index (κ1) is 18.2. The molecule has 1 fully saturated rings. The third-order valence-corrected chi connectivity index (χ3v) is 5.04. The number of carbonyl (C=O) groups is 2. The van der Waals surface area contributed by atoms with Crippen molar-refractivity contribution in [2.75, 3.05) is 20.1 Å². The maximum absolute atomic E-state index is 12.7. The van der Waals surface area contributed by atoms with E-state index in [1.165, 1.54) is 0 Å². The number of hydrogen-bond donors (Lipinski definition) is 0. The number of nitrogens with zero attached hydrogens (tertiary/aromatic N) is 2. The quantitative estimate of drug-likeness (QED) is 0.847. The molecule has 4 heteroatoms. The van der Waals surface area contributed by atoms with Crippen molar-refractivity contribution < 1.29 is 9.59 Å². The molecule has 0 aliphatic carbocycles. The first-order valence-electron chi connectivity index (χ1n) is 9.19. The van der Waals surface area contributed by atoms with E-state index in [1.54, 1.807) is 4.90 Å². The second-order valence-electron chi connectivity index (χ2n) is 7.12. The molecule has 2 amide bonds. The van der Waals surface area contributed by atoms with Crippen LogP contribution in [0.4, 0.5) is 0 Å². The van der Waals surface area contributed by atoms with Crippen LogP contribution in [0.5, 0.6) is 0 Å². The van der Waals surface area contributed by atoms with Crippen molar-refractivity contribution in [2.45, 2.75) is 26.3 Å². The van der Waals surface area contributed by atoms with E-state index in [9.17, 15) is 9.59 Å². The Bertz CT molecular complexity index is 765. The van der Waals surface area contributed by atoms with Crippen molar-refractivity contribution in [1.29, 1.82) is 0 Å². The normalized spacial score (nSPS) is 14.9. The Morgan fingerprint density at radius 3 is 2.38 bits per heavy atom. The highest BCUT2D eigenvalue weighted by molar-refractivity contribution is 5.94. The van der Waals surface area contributed by atoms with Crippen molar-refractivity contribution in [3.63, 3.8) is 0 Å². The van der Waals surface area contributed by atoms with Crippen LogP contribution in [-0.4, -0.2) is 41.8 Å². The van der Waals surface area contributed by atoms with Crippen LogP contribution < -0.4 is 0 Å². The molecule has 0 bridgehead atoms. The molecule has 2 aromatic rings. The third-order valence-electron chi connectivity index (χ3n) is 5.04.